The Labute approximate surface area is 143 Å². The molecular formula is C15H15Cl2NO5. The topological polar surface area (TPSA) is 81.7 Å². The molecule has 124 valence electrons. The molecule has 8 heteroatoms. The summed E-state index contributed by atoms with van der Waals surface area (Å²) in [4.78, 5) is 34.5. The van der Waals surface area contributed by atoms with E-state index in [2.05, 4.69) is 10.1 Å². The summed E-state index contributed by atoms with van der Waals surface area (Å²) < 4.78 is 9.47. The second-order valence-corrected chi connectivity index (χ2v) is 5.18. The zero-order valence-electron chi connectivity index (χ0n) is 12.5. The average molecular weight is 360 g/mol. The van der Waals surface area contributed by atoms with Crippen molar-refractivity contribution in [3.05, 3.63) is 40.4 Å². The van der Waals surface area contributed by atoms with Gasteiger partial charge in [-0.25, -0.2) is 9.59 Å². The maximum absolute atomic E-state index is 11.9. The normalized spacial score (nSPS) is 11.8. The molecular weight excluding hydrogens is 345 g/mol. The van der Waals surface area contributed by atoms with Gasteiger partial charge in [0.05, 0.1) is 6.61 Å². The van der Waals surface area contributed by atoms with Gasteiger partial charge in [-0.05, 0) is 32.0 Å². The second-order valence-electron chi connectivity index (χ2n) is 4.31. The van der Waals surface area contributed by atoms with E-state index in [0.717, 1.165) is 12.2 Å². The maximum Gasteiger partial charge on any atom is 0.331 e. The minimum absolute atomic E-state index is 0.194. The number of nitrogens with one attached hydrogen (secondary N) is 1. The van der Waals surface area contributed by atoms with Gasteiger partial charge in [-0.3, -0.25) is 4.79 Å². The molecule has 0 aromatic heterocycles. The molecule has 0 saturated carbocycles. The van der Waals surface area contributed by atoms with Gasteiger partial charge in [-0.2, -0.15) is 0 Å². The summed E-state index contributed by atoms with van der Waals surface area (Å²) in [6, 6.07) is 4.52. The van der Waals surface area contributed by atoms with Crippen LogP contribution in [0.5, 0.6) is 0 Å². The molecule has 6 nitrogen and oxygen atoms in total. The molecule has 0 saturated heterocycles. The molecule has 0 aliphatic heterocycles. The van der Waals surface area contributed by atoms with Crippen molar-refractivity contribution in [2.24, 2.45) is 0 Å². The summed E-state index contributed by atoms with van der Waals surface area (Å²) in [5.74, 6) is -2.08. The molecule has 0 spiro atoms. The van der Waals surface area contributed by atoms with Gasteiger partial charge in [-0.15, -0.1) is 0 Å². The SMILES string of the molecule is CCOC(=O)/C=C/C(=O)O[C@H](C)C(=O)Nc1cc(Cl)cc(Cl)c1. The Morgan fingerprint density at radius 2 is 1.70 bits per heavy atom. The Balaban J connectivity index is 2.56. The fourth-order valence-electron chi connectivity index (χ4n) is 1.46. The van der Waals surface area contributed by atoms with Crippen molar-refractivity contribution in [3.63, 3.8) is 0 Å². The fourth-order valence-corrected chi connectivity index (χ4v) is 1.99. The molecule has 0 heterocycles. The first-order valence-electron chi connectivity index (χ1n) is 6.64. The number of anilines is 1. The average Bonchev–Trinajstić information content (AvgIpc) is 2.44. The lowest BCUT2D eigenvalue weighted by Gasteiger charge is -2.12. The van der Waals surface area contributed by atoms with Gasteiger partial charge in [0, 0.05) is 27.9 Å². The number of esters is 2. The highest BCUT2D eigenvalue weighted by Gasteiger charge is 2.17. The van der Waals surface area contributed by atoms with Gasteiger partial charge in [0.2, 0.25) is 0 Å². The number of halogens is 2. The molecule has 1 amide bonds. The number of rotatable bonds is 6. The Kier molecular flexibility index (Phi) is 7.57. The number of ether oxygens (including phenoxy) is 2. The predicted molar refractivity (Wildman–Crippen MR) is 86.4 cm³/mol. The zero-order chi connectivity index (χ0) is 17.4. The predicted octanol–water partition coefficient (Wildman–Crippen LogP) is 2.98. The quantitative estimate of drug-likeness (QED) is 0.623. The summed E-state index contributed by atoms with van der Waals surface area (Å²) in [6.07, 6.45) is 0.734. The van der Waals surface area contributed by atoms with Crippen LogP contribution in [0.25, 0.3) is 0 Å². The van der Waals surface area contributed by atoms with Crippen molar-refractivity contribution in [3.8, 4) is 0 Å². The monoisotopic (exact) mass is 359 g/mol. The molecule has 1 N–H and O–H groups in total. The minimum Gasteiger partial charge on any atom is -0.463 e. The van der Waals surface area contributed by atoms with Crippen LogP contribution in [0.4, 0.5) is 5.69 Å². The van der Waals surface area contributed by atoms with Crippen molar-refractivity contribution in [1.29, 1.82) is 0 Å². The van der Waals surface area contributed by atoms with Crippen LogP contribution in [0.3, 0.4) is 0 Å². The number of carbonyl (C=O) groups is 3. The first-order chi connectivity index (χ1) is 10.8. The van der Waals surface area contributed by atoms with Crippen molar-refractivity contribution in [2.75, 3.05) is 11.9 Å². The van der Waals surface area contributed by atoms with Crippen LogP contribution in [0.2, 0.25) is 10.0 Å². The number of carbonyl (C=O) groups excluding carboxylic acids is 3. The van der Waals surface area contributed by atoms with Gasteiger partial charge in [0.25, 0.3) is 5.91 Å². The van der Waals surface area contributed by atoms with Crippen LogP contribution >= 0.6 is 23.2 Å². The van der Waals surface area contributed by atoms with Crippen LogP contribution in [0, 0.1) is 0 Å². The number of hydrogen-bond donors (Lipinski definition) is 1. The number of amides is 1. The summed E-state index contributed by atoms with van der Waals surface area (Å²) in [6.45, 7) is 3.22. The van der Waals surface area contributed by atoms with Gasteiger partial charge in [-0.1, -0.05) is 23.2 Å². The molecule has 0 fully saturated rings. The molecule has 1 atom stereocenters. The third kappa shape index (κ3) is 7.17. The molecule has 0 unspecified atom stereocenters. The van der Waals surface area contributed by atoms with Gasteiger partial charge in [0.15, 0.2) is 6.10 Å². The fraction of sp³-hybridized carbons (Fsp3) is 0.267. The molecule has 1 rings (SSSR count). The highest BCUT2D eigenvalue weighted by molar-refractivity contribution is 6.35. The van der Waals surface area contributed by atoms with E-state index in [1.54, 1.807) is 6.92 Å². The van der Waals surface area contributed by atoms with Gasteiger partial charge in [0.1, 0.15) is 0 Å². The minimum atomic E-state index is -1.08. The number of benzene rings is 1. The molecule has 0 bridgehead atoms. The summed E-state index contributed by atoms with van der Waals surface area (Å²) in [5.41, 5.74) is 0.373. The van der Waals surface area contributed by atoms with E-state index in [1.807, 2.05) is 0 Å². The largest absolute Gasteiger partial charge is 0.463 e. The Hall–Kier alpha value is -2.05. The molecule has 1 aromatic carbocycles. The van der Waals surface area contributed by atoms with Crippen molar-refractivity contribution < 1.29 is 23.9 Å². The van der Waals surface area contributed by atoms with E-state index in [-0.39, 0.29) is 6.61 Å². The van der Waals surface area contributed by atoms with Gasteiger partial charge >= 0.3 is 11.9 Å². The van der Waals surface area contributed by atoms with Crippen LogP contribution in [0.15, 0.2) is 30.4 Å². The molecule has 0 radical (unpaired) electrons. The second kappa shape index (κ2) is 9.17. The highest BCUT2D eigenvalue weighted by atomic mass is 35.5. The third-order valence-electron chi connectivity index (χ3n) is 2.43. The Morgan fingerprint density at radius 1 is 1.13 bits per heavy atom. The Morgan fingerprint density at radius 3 is 2.26 bits per heavy atom. The lowest BCUT2D eigenvalue weighted by Crippen LogP contribution is -2.29. The van der Waals surface area contributed by atoms with Gasteiger partial charge < -0.3 is 14.8 Å². The van der Waals surface area contributed by atoms with Crippen molar-refractivity contribution >= 4 is 46.7 Å². The molecule has 0 aliphatic rings. The van der Waals surface area contributed by atoms with Crippen molar-refractivity contribution in [2.45, 2.75) is 20.0 Å². The standard InChI is InChI=1S/C15H15Cl2NO5/c1-3-22-13(19)4-5-14(20)23-9(2)15(21)18-12-7-10(16)6-11(17)8-12/h4-9H,3H2,1-2H3,(H,18,21)/b5-4+/t9-/m1/s1. The van der Waals surface area contributed by atoms with E-state index in [1.165, 1.54) is 25.1 Å². The van der Waals surface area contributed by atoms with E-state index < -0.39 is 23.9 Å². The number of hydrogen-bond acceptors (Lipinski definition) is 5. The smallest absolute Gasteiger partial charge is 0.331 e. The van der Waals surface area contributed by atoms with Crippen LogP contribution < -0.4 is 5.32 Å². The van der Waals surface area contributed by atoms with Crippen LogP contribution in [-0.2, 0) is 23.9 Å². The summed E-state index contributed by atoms with van der Waals surface area (Å²) in [7, 11) is 0. The third-order valence-corrected chi connectivity index (χ3v) is 2.87. The lowest BCUT2D eigenvalue weighted by atomic mass is 10.3. The van der Waals surface area contributed by atoms with Crippen molar-refractivity contribution in [1.82, 2.24) is 0 Å². The highest BCUT2D eigenvalue weighted by Crippen LogP contribution is 2.22. The maximum atomic E-state index is 11.9. The molecule has 0 aliphatic carbocycles. The molecule has 23 heavy (non-hydrogen) atoms. The van der Waals surface area contributed by atoms with E-state index in [4.69, 9.17) is 27.9 Å². The summed E-state index contributed by atoms with van der Waals surface area (Å²) >= 11 is 11.6. The van der Waals surface area contributed by atoms with E-state index >= 15 is 0 Å². The molecule has 1 aromatic rings. The summed E-state index contributed by atoms with van der Waals surface area (Å²) in [5, 5.41) is 3.23. The van der Waals surface area contributed by atoms with Crippen LogP contribution in [0.1, 0.15) is 13.8 Å². The van der Waals surface area contributed by atoms with E-state index in [0.29, 0.717) is 15.7 Å². The lowest BCUT2D eigenvalue weighted by molar-refractivity contribution is -0.148. The first kappa shape index (κ1) is 19.0. The zero-order valence-corrected chi connectivity index (χ0v) is 14.0. The Bertz CT molecular complexity index is 610. The van der Waals surface area contributed by atoms with Crippen LogP contribution in [-0.4, -0.2) is 30.6 Å². The first-order valence-corrected chi connectivity index (χ1v) is 7.39. The van der Waals surface area contributed by atoms with E-state index in [9.17, 15) is 14.4 Å².